The van der Waals surface area contributed by atoms with Crippen molar-refractivity contribution < 1.29 is 14.0 Å². The monoisotopic (exact) mass is 494 g/mol. The molecule has 2 saturated carbocycles. The second-order valence-corrected chi connectivity index (χ2v) is 9.78. The maximum absolute atomic E-state index is 14.6. The van der Waals surface area contributed by atoms with Gasteiger partial charge in [0.2, 0.25) is 5.91 Å². The molecule has 0 bridgehead atoms. The van der Waals surface area contributed by atoms with Crippen LogP contribution >= 0.6 is 23.2 Å². The third kappa shape index (κ3) is 6.21. The number of aromatic nitrogens is 2. The molecule has 1 aromatic carbocycles. The topological polar surface area (TPSA) is 98.0 Å². The fourth-order valence-electron chi connectivity index (χ4n) is 4.75. The molecule has 1 heterocycles. The zero-order chi connectivity index (χ0) is 24.0. The van der Waals surface area contributed by atoms with E-state index in [0.29, 0.717) is 10.6 Å². The summed E-state index contributed by atoms with van der Waals surface area (Å²) in [6.45, 7) is 2.12. The van der Waals surface area contributed by atoms with Crippen molar-refractivity contribution in [3.8, 4) is 0 Å². The third-order valence-corrected chi connectivity index (χ3v) is 7.46. The van der Waals surface area contributed by atoms with E-state index in [-0.39, 0.29) is 28.0 Å². The van der Waals surface area contributed by atoms with Gasteiger partial charge in [-0.2, -0.15) is 0 Å². The van der Waals surface area contributed by atoms with Crippen molar-refractivity contribution in [2.75, 3.05) is 0 Å². The zero-order valence-electron chi connectivity index (χ0n) is 18.6. The van der Waals surface area contributed by atoms with E-state index in [9.17, 15) is 14.0 Å². The molecule has 6 nitrogen and oxygen atoms in total. The van der Waals surface area contributed by atoms with Crippen molar-refractivity contribution in [2.45, 2.75) is 64.3 Å². The van der Waals surface area contributed by atoms with Crippen LogP contribution in [0.3, 0.4) is 0 Å². The summed E-state index contributed by atoms with van der Waals surface area (Å²) in [7, 11) is 0. The van der Waals surface area contributed by atoms with Crippen LogP contribution in [0.2, 0.25) is 10.0 Å². The van der Waals surface area contributed by atoms with Crippen LogP contribution in [0.15, 0.2) is 30.7 Å². The fourth-order valence-corrected chi connectivity index (χ4v) is 5.18. The van der Waals surface area contributed by atoms with Crippen molar-refractivity contribution >= 4 is 35.0 Å². The highest BCUT2D eigenvalue weighted by Crippen LogP contribution is 2.50. The quantitative estimate of drug-likeness (QED) is 0.525. The standard InChI is InChI=1S/C19H24Cl2FNO.C5H5N3O/c1-19(10-4-5-11-19)17(23-18(24)12-6-2-3-7-12)15-14(22)9-8-13(20)16(15)21;6-5(9)4-3-7-1-2-8-4/h8-9,12,17H,2-7,10-11H2,1H3,(H,23,24);1-3H,(H2,6,9). The second-order valence-electron chi connectivity index (χ2n) is 9.00. The highest BCUT2D eigenvalue weighted by molar-refractivity contribution is 6.42. The van der Waals surface area contributed by atoms with Crippen LogP contribution in [0.4, 0.5) is 4.39 Å². The molecule has 2 aliphatic carbocycles. The minimum absolute atomic E-state index is 0.0288. The molecular formula is C24H29Cl2FN4O2. The minimum atomic E-state index is -0.553. The molecule has 0 spiro atoms. The van der Waals surface area contributed by atoms with Crippen LogP contribution < -0.4 is 11.1 Å². The number of primary amides is 1. The van der Waals surface area contributed by atoms with E-state index in [1.807, 2.05) is 0 Å². The molecule has 0 aliphatic heterocycles. The van der Waals surface area contributed by atoms with Crippen molar-refractivity contribution in [1.82, 2.24) is 15.3 Å². The van der Waals surface area contributed by atoms with Gasteiger partial charge in [0.25, 0.3) is 5.91 Å². The van der Waals surface area contributed by atoms with Gasteiger partial charge in [0.15, 0.2) is 0 Å². The summed E-state index contributed by atoms with van der Waals surface area (Å²) in [6, 6.07) is 2.38. The Morgan fingerprint density at radius 3 is 2.36 bits per heavy atom. The van der Waals surface area contributed by atoms with E-state index >= 15 is 0 Å². The maximum atomic E-state index is 14.6. The van der Waals surface area contributed by atoms with Crippen molar-refractivity contribution in [1.29, 1.82) is 0 Å². The molecule has 1 atom stereocenters. The smallest absolute Gasteiger partial charge is 0.268 e. The SMILES string of the molecule is CC1(C(NC(=O)C2CCCC2)c2c(F)ccc(Cl)c2Cl)CCCC1.NC(=O)c1cnccn1. The Morgan fingerprint density at radius 2 is 1.82 bits per heavy atom. The average molecular weight is 495 g/mol. The van der Waals surface area contributed by atoms with E-state index < -0.39 is 17.8 Å². The Hall–Kier alpha value is -2.25. The van der Waals surface area contributed by atoms with Crippen LogP contribution in [0.5, 0.6) is 0 Å². The first-order chi connectivity index (χ1) is 15.7. The first-order valence-electron chi connectivity index (χ1n) is 11.2. The molecule has 4 rings (SSSR count). The van der Waals surface area contributed by atoms with Gasteiger partial charge >= 0.3 is 0 Å². The highest BCUT2D eigenvalue weighted by Gasteiger charge is 2.42. The van der Waals surface area contributed by atoms with Gasteiger partial charge < -0.3 is 11.1 Å². The number of carbonyl (C=O) groups excluding carboxylic acids is 2. The lowest BCUT2D eigenvalue weighted by Gasteiger charge is -2.36. The molecule has 0 radical (unpaired) electrons. The number of amides is 2. The number of halogens is 3. The van der Waals surface area contributed by atoms with E-state index in [4.69, 9.17) is 28.9 Å². The molecule has 2 aromatic rings. The summed E-state index contributed by atoms with van der Waals surface area (Å²) in [5.74, 6) is -0.878. The number of hydrogen-bond donors (Lipinski definition) is 2. The van der Waals surface area contributed by atoms with E-state index in [1.54, 1.807) is 0 Å². The maximum Gasteiger partial charge on any atom is 0.268 e. The molecule has 178 valence electrons. The van der Waals surface area contributed by atoms with Crippen LogP contribution in [0.25, 0.3) is 0 Å². The van der Waals surface area contributed by atoms with E-state index in [2.05, 4.69) is 22.2 Å². The molecule has 0 saturated heterocycles. The number of hydrogen-bond acceptors (Lipinski definition) is 4. The molecule has 33 heavy (non-hydrogen) atoms. The number of carbonyl (C=O) groups is 2. The number of nitrogens with two attached hydrogens (primary N) is 1. The third-order valence-electron chi connectivity index (χ3n) is 6.64. The number of benzene rings is 1. The summed E-state index contributed by atoms with van der Waals surface area (Å²) >= 11 is 12.5. The Kier molecular flexibility index (Phi) is 8.65. The molecule has 9 heteroatoms. The van der Waals surface area contributed by atoms with Crippen molar-refractivity contribution in [2.24, 2.45) is 17.1 Å². The molecule has 1 unspecified atom stereocenters. The van der Waals surface area contributed by atoms with Gasteiger partial charge in [-0.1, -0.05) is 55.8 Å². The molecule has 2 amide bonds. The average Bonchev–Trinajstić information content (AvgIpc) is 3.50. The molecule has 2 aliphatic rings. The van der Waals surface area contributed by atoms with Gasteiger partial charge in [0.05, 0.1) is 22.3 Å². The second kappa shape index (κ2) is 11.3. The van der Waals surface area contributed by atoms with Gasteiger partial charge in [-0.25, -0.2) is 9.37 Å². The lowest BCUT2D eigenvalue weighted by molar-refractivity contribution is -0.126. The van der Waals surface area contributed by atoms with Gasteiger partial charge in [0, 0.05) is 23.9 Å². The molecular weight excluding hydrogens is 466 g/mol. The summed E-state index contributed by atoms with van der Waals surface area (Å²) < 4.78 is 14.6. The number of nitrogens with one attached hydrogen (secondary N) is 1. The molecule has 3 N–H and O–H groups in total. The van der Waals surface area contributed by atoms with Gasteiger partial charge in [-0.05, 0) is 43.2 Å². The summed E-state index contributed by atoms with van der Waals surface area (Å²) in [6.07, 6.45) is 12.3. The van der Waals surface area contributed by atoms with Crippen molar-refractivity contribution in [3.63, 3.8) is 0 Å². The van der Waals surface area contributed by atoms with Crippen LogP contribution in [0, 0.1) is 17.2 Å². The van der Waals surface area contributed by atoms with E-state index in [1.165, 1.54) is 30.7 Å². The van der Waals surface area contributed by atoms with Gasteiger partial charge in [-0.3, -0.25) is 14.6 Å². The van der Waals surface area contributed by atoms with Gasteiger partial charge in [-0.15, -0.1) is 0 Å². The van der Waals surface area contributed by atoms with Gasteiger partial charge in [0.1, 0.15) is 11.5 Å². The molecule has 2 fully saturated rings. The lowest BCUT2D eigenvalue weighted by Crippen LogP contribution is -2.41. The summed E-state index contributed by atoms with van der Waals surface area (Å²) in [4.78, 5) is 30.3. The first-order valence-corrected chi connectivity index (χ1v) is 12.0. The largest absolute Gasteiger partial charge is 0.364 e. The molecule has 1 aromatic heterocycles. The predicted octanol–water partition coefficient (Wildman–Crippen LogP) is 5.64. The number of rotatable bonds is 5. The van der Waals surface area contributed by atoms with Crippen LogP contribution in [-0.4, -0.2) is 21.8 Å². The number of nitrogens with zero attached hydrogens (tertiary/aromatic N) is 2. The first kappa shape index (κ1) is 25.4. The zero-order valence-corrected chi connectivity index (χ0v) is 20.1. The minimum Gasteiger partial charge on any atom is -0.364 e. The normalized spacial score (nSPS) is 18.3. The predicted molar refractivity (Wildman–Crippen MR) is 126 cm³/mol. The Morgan fingerprint density at radius 1 is 1.15 bits per heavy atom. The lowest BCUT2D eigenvalue weighted by atomic mass is 9.76. The summed E-state index contributed by atoms with van der Waals surface area (Å²) in [5.41, 5.74) is 5.22. The van der Waals surface area contributed by atoms with Crippen LogP contribution in [-0.2, 0) is 4.79 Å². The van der Waals surface area contributed by atoms with E-state index in [0.717, 1.165) is 51.4 Å². The highest BCUT2D eigenvalue weighted by atomic mass is 35.5. The van der Waals surface area contributed by atoms with Crippen LogP contribution in [0.1, 0.15) is 80.4 Å². The Balaban J connectivity index is 0.000000286. The Labute approximate surface area is 203 Å². The Bertz CT molecular complexity index is 978. The van der Waals surface area contributed by atoms with Crippen molar-refractivity contribution in [3.05, 3.63) is 57.8 Å². The summed E-state index contributed by atoms with van der Waals surface area (Å²) in [5, 5.41) is 3.70. The fraction of sp³-hybridized carbons (Fsp3) is 0.500.